The van der Waals surface area contributed by atoms with Crippen LogP contribution in [-0.2, 0) is 17.6 Å². The van der Waals surface area contributed by atoms with Gasteiger partial charge in [-0.15, -0.1) is 11.3 Å². The Morgan fingerprint density at radius 1 is 1.37 bits per heavy atom. The number of nitrogen functional groups attached to an aromatic ring is 1. The molecule has 1 heterocycles. The number of methoxy groups -OCH3 is 1. The lowest BCUT2D eigenvalue weighted by Crippen LogP contribution is -2.21. The highest BCUT2D eigenvalue weighted by Crippen LogP contribution is 2.45. The maximum absolute atomic E-state index is 11.3. The van der Waals surface area contributed by atoms with Gasteiger partial charge in [0.1, 0.15) is 5.75 Å². The third-order valence-corrected chi connectivity index (χ3v) is 6.81. The fraction of sp³-hybridized carbons (Fsp3) is 0.409. The molecule has 3 N–H and O–H groups in total. The summed E-state index contributed by atoms with van der Waals surface area (Å²) in [5, 5.41) is 7.26. The lowest BCUT2D eigenvalue weighted by Gasteiger charge is -2.22. The van der Waals surface area contributed by atoms with E-state index in [9.17, 15) is 9.70 Å². The molecule has 1 aliphatic rings. The van der Waals surface area contributed by atoms with Crippen LogP contribution in [0.25, 0.3) is 5.57 Å². The van der Waals surface area contributed by atoms with Crippen LogP contribution in [0.15, 0.2) is 34.5 Å². The first-order valence-electron chi connectivity index (χ1n) is 9.91. The summed E-state index contributed by atoms with van der Waals surface area (Å²) < 4.78 is 5.29. The Morgan fingerprint density at radius 2 is 2.10 bits per heavy atom. The van der Waals surface area contributed by atoms with Crippen LogP contribution in [0.2, 0.25) is 0 Å². The summed E-state index contributed by atoms with van der Waals surface area (Å²) >= 11 is 8.38. The Bertz CT molecular complexity index is 953. The number of nitroso groups, excluding NO2 is 1. The number of anilines is 1. The van der Waals surface area contributed by atoms with Crippen LogP contribution in [-0.4, -0.2) is 26.1 Å². The van der Waals surface area contributed by atoms with Crippen molar-refractivity contribution in [3.8, 4) is 5.75 Å². The van der Waals surface area contributed by atoms with Gasteiger partial charge in [-0.05, 0) is 48.4 Å². The van der Waals surface area contributed by atoms with Crippen molar-refractivity contribution in [1.29, 1.82) is 0 Å². The number of thiophene rings is 1. The minimum absolute atomic E-state index is 0.0901. The van der Waals surface area contributed by atoms with E-state index >= 15 is 0 Å². The van der Waals surface area contributed by atoms with Crippen molar-refractivity contribution in [2.45, 2.75) is 32.6 Å². The van der Waals surface area contributed by atoms with E-state index in [0.717, 1.165) is 46.7 Å². The second-order valence-electron chi connectivity index (χ2n) is 7.40. The molecule has 1 atom stereocenters. The van der Waals surface area contributed by atoms with Crippen molar-refractivity contribution < 1.29 is 9.53 Å². The molecule has 3 rings (SSSR count). The van der Waals surface area contributed by atoms with Crippen LogP contribution in [0.4, 0.5) is 5.00 Å². The first-order valence-corrected chi connectivity index (χ1v) is 11.1. The van der Waals surface area contributed by atoms with Gasteiger partial charge in [0.25, 0.3) is 0 Å². The summed E-state index contributed by atoms with van der Waals surface area (Å²) in [7, 11) is 1.63. The zero-order chi connectivity index (χ0) is 21.7. The lowest BCUT2D eigenvalue weighted by molar-refractivity contribution is -0.118. The van der Waals surface area contributed by atoms with Gasteiger partial charge < -0.3 is 15.8 Å². The summed E-state index contributed by atoms with van der Waals surface area (Å²) in [5.74, 6) is 0.939. The molecule has 30 heavy (non-hydrogen) atoms. The number of hydrogen-bond acceptors (Lipinski definition) is 6. The molecule has 160 valence electrons. The summed E-state index contributed by atoms with van der Waals surface area (Å²) in [5.41, 5.74) is 10.5. The van der Waals surface area contributed by atoms with Gasteiger partial charge in [0.2, 0.25) is 5.91 Å². The number of halogens is 1. The zero-order valence-corrected chi connectivity index (χ0v) is 18.7. The monoisotopic (exact) mass is 447 g/mol. The van der Waals surface area contributed by atoms with Gasteiger partial charge in [0.15, 0.2) is 0 Å². The van der Waals surface area contributed by atoms with Crippen LogP contribution in [0, 0.1) is 10.8 Å². The number of rotatable bonds is 8. The Labute approximate surface area is 185 Å². The van der Waals surface area contributed by atoms with E-state index in [0.29, 0.717) is 24.5 Å². The number of hydrogen-bond donors (Lipinski definition) is 2. The van der Waals surface area contributed by atoms with Crippen molar-refractivity contribution in [2.75, 3.05) is 25.9 Å². The summed E-state index contributed by atoms with van der Waals surface area (Å²) in [6, 6.07) is 7.74. The highest BCUT2D eigenvalue weighted by molar-refractivity contribution is 7.16. The Morgan fingerprint density at radius 3 is 2.73 bits per heavy atom. The van der Waals surface area contributed by atoms with Gasteiger partial charge in [-0.3, -0.25) is 4.79 Å². The Kier molecular flexibility index (Phi) is 7.50. The van der Waals surface area contributed by atoms with Gasteiger partial charge in [-0.1, -0.05) is 28.9 Å². The van der Waals surface area contributed by atoms with Crippen LogP contribution in [0.5, 0.6) is 5.75 Å². The second-order valence-corrected chi connectivity index (χ2v) is 9.00. The van der Waals surface area contributed by atoms with E-state index in [1.807, 2.05) is 24.3 Å². The predicted molar refractivity (Wildman–Crippen MR) is 123 cm³/mol. The van der Waals surface area contributed by atoms with Crippen LogP contribution < -0.4 is 15.8 Å². The maximum atomic E-state index is 11.3. The number of nitrogens with two attached hydrogens (primary N) is 1. The summed E-state index contributed by atoms with van der Waals surface area (Å²) in [6.45, 7) is 2.28. The molecule has 0 aliphatic heterocycles. The largest absolute Gasteiger partial charge is 0.497 e. The third-order valence-electron chi connectivity index (χ3n) is 5.35. The fourth-order valence-electron chi connectivity index (χ4n) is 3.88. The minimum atomic E-state index is -0.0901. The molecule has 0 radical (unpaired) electrons. The number of amides is 1. The molecule has 0 spiro atoms. The van der Waals surface area contributed by atoms with Crippen molar-refractivity contribution in [3.05, 3.63) is 55.8 Å². The van der Waals surface area contributed by atoms with E-state index in [1.54, 1.807) is 18.4 Å². The minimum Gasteiger partial charge on any atom is -0.497 e. The molecule has 1 unspecified atom stereocenters. The summed E-state index contributed by atoms with van der Waals surface area (Å²) in [4.78, 5) is 23.2. The fourth-order valence-corrected chi connectivity index (χ4v) is 5.42. The molecular weight excluding hydrogens is 422 g/mol. The number of carbonyl (C=O) groups excluding carboxylic acids is 1. The molecule has 1 aromatic heterocycles. The molecule has 6 nitrogen and oxygen atoms in total. The molecular formula is C22H26ClN3O3S. The van der Waals surface area contributed by atoms with Gasteiger partial charge >= 0.3 is 0 Å². The molecule has 1 aliphatic carbocycles. The molecule has 1 aromatic carbocycles. The van der Waals surface area contributed by atoms with Crippen molar-refractivity contribution in [1.82, 2.24) is 5.32 Å². The third kappa shape index (κ3) is 5.02. The zero-order valence-electron chi connectivity index (χ0n) is 17.2. The highest BCUT2D eigenvalue weighted by atomic mass is 35.5. The maximum Gasteiger partial charge on any atom is 0.216 e. The van der Waals surface area contributed by atoms with Crippen LogP contribution in [0.3, 0.4) is 0 Å². The molecule has 8 heteroatoms. The van der Waals surface area contributed by atoms with Gasteiger partial charge in [0.05, 0.1) is 18.7 Å². The van der Waals surface area contributed by atoms with E-state index in [4.69, 9.17) is 22.1 Å². The van der Waals surface area contributed by atoms with Gasteiger partial charge in [0, 0.05) is 40.9 Å². The number of fused-ring (bicyclic) bond motifs is 1. The second kappa shape index (κ2) is 10.1. The molecule has 0 bridgehead atoms. The number of ether oxygens (including phenoxy) is 1. The summed E-state index contributed by atoms with van der Waals surface area (Å²) in [6.07, 6.45) is 3.06. The first-order chi connectivity index (χ1) is 14.4. The Hall–Kier alpha value is -2.38. The van der Waals surface area contributed by atoms with E-state index in [2.05, 4.69) is 10.5 Å². The van der Waals surface area contributed by atoms with E-state index in [1.165, 1.54) is 17.4 Å². The van der Waals surface area contributed by atoms with Crippen LogP contribution >= 0.6 is 22.9 Å². The highest BCUT2D eigenvalue weighted by Gasteiger charge is 2.28. The number of benzene rings is 1. The SMILES string of the molecule is COc1ccc(/C(=C(\Cl)CCNC(C)=O)c2c(N)sc3c2CCC(CN=O)C3)cc1. The molecule has 2 aromatic rings. The number of nitrogens with zero attached hydrogens (tertiary/aromatic N) is 1. The lowest BCUT2D eigenvalue weighted by atomic mass is 9.84. The van der Waals surface area contributed by atoms with Crippen molar-refractivity contribution in [2.24, 2.45) is 11.1 Å². The van der Waals surface area contributed by atoms with Crippen molar-refractivity contribution >= 4 is 39.4 Å². The van der Waals surface area contributed by atoms with Crippen LogP contribution in [0.1, 0.15) is 41.3 Å². The number of nitrogens with one attached hydrogen (secondary N) is 1. The van der Waals surface area contributed by atoms with Gasteiger partial charge in [-0.25, -0.2) is 0 Å². The van der Waals surface area contributed by atoms with E-state index < -0.39 is 0 Å². The standard InChI is InChI=1S/C22H26ClN3O3S/c1-13(27)25-10-9-18(23)20(15-4-6-16(29-2)7-5-15)21-17-8-3-14(12-26-28)11-19(17)30-22(21)24/h4-7,14H,3,8-12,24H2,1-2H3,(H,25,27)/b20-18+. The van der Waals surface area contributed by atoms with E-state index in [-0.39, 0.29) is 11.8 Å². The molecule has 0 fully saturated rings. The quantitative estimate of drug-likeness (QED) is 0.571. The van der Waals surface area contributed by atoms with Gasteiger partial charge in [-0.2, -0.15) is 4.91 Å². The topological polar surface area (TPSA) is 93.8 Å². The molecule has 1 amide bonds. The van der Waals surface area contributed by atoms with Crippen molar-refractivity contribution in [3.63, 3.8) is 0 Å². The number of carbonyl (C=O) groups is 1. The first kappa shape index (κ1) is 22.3. The predicted octanol–water partition coefficient (Wildman–Crippen LogP) is 4.73. The smallest absolute Gasteiger partial charge is 0.216 e. The normalized spacial score (nSPS) is 16.4. The average Bonchev–Trinajstić information content (AvgIpc) is 3.04. The average molecular weight is 448 g/mol. The Balaban J connectivity index is 2.04. The molecule has 0 saturated heterocycles. The molecule has 0 saturated carbocycles.